The average Bonchev–Trinajstić information content (AvgIpc) is 2.84. The van der Waals surface area contributed by atoms with Gasteiger partial charge in [0.25, 0.3) is 0 Å². The molecule has 5 heteroatoms. The van der Waals surface area contributed by atoms with Crippen LogP contribution < -0.4 is 5.32 Å². The topological polar surface area (TPSA) is 17.0 Å². The first-order valence-electron chi connectivity index (χ1n) is 6.57. The summed E-state index contributed by atoms with van der Waals surface area (Å²) in [6.07, 6.45) is 1.95. The largest absolute Gasteiger partial charge is 0.381 e. The summed E-state index contributed by atoms with van der Waals surface area (Å²) in [5.74, 6) is -0.249. The number of hydrogen-bond acceptors (Lipinski definition) is 1. The number of anilines is 1. The van der Waals surface area contributed by atoms with Crippen LogP contribution in [-0.4, -0.2) is 11.1 Å². The zero-order chi connectivity index (χ0) is 14.8. The van der Waals surface area contributed by atoms with Gasteiger partial charge in [-0.05, 0) is 30.3 Å². The van der Waals surface area contributed by atoms with Gasteiger partial charge >= 0.3 is 0 Å². The van der Waals surface area contributed by atoms with Crippen LogP contribution >= 0.6 is 23.2 Å². The first-order valence-corrected chi connectivity index (χ1v) is 7.33. The van der Waals surface area contributed by atoms with Crippen LogP contribution in [0.15, 0.2) is 48.7 Å². The zero-order valence-corrected chi connectivity index (χ0v) is 12.6. The van der Waals surface area contributed by atoms with Gasteiger partial charge in [-0.3, -0.25) is 0 Å². The van der Waals surface area contributed by atoms with Crippen molar-refractivity contribution < 1.29 is 4.39 Å². The molecular formula is C16H13Cl2FN2. The van der Waals surface area contributed by atoms with E-state index in [-0.39, 0.29) is 5.82 Å². The van der Waals surface area contributed by atoms with E-state index in [2.05, 4.69) is 5.32 Å². The summed E-state index contributed by atoms with van der Waals surface area (Å²) in [6.45, 7) is 1.29. The van der Waals surface area contributed by atoms with Gasteiger partial charge in [-0.15, -0.1) is 0 Å². The van der Waals surface area contributed by atoms with E-state index in [0.717, 1.165) is 10.9 Å². The SMILES string of the molecule is Fc1ccccc1NCCn1ccc2c(Cl)cc(Cl)cc21. The van der Waals surface area contributed by atoms with Crippen molar-refractivity contribution in [3.05, 3.63) is 64.5 Å². The molecule has 3 rings (SSSR count). The highest BCUT2D eigenvalue weighted by atomic mass is 35.5. The molecule has 0 aliphatic heterocycles. The molecule has 2 aromatic carbocycles. The van der Waals surface area contributed by atoms with E-state index in [1.54, 1.807) is 24.3 Å². The molecule has 0 spiro atoms. The molecule has 21 heavy (non-hydrogen) atoms. The van der Waals surface area contributed by atoms with Gasteiger partial charge in [-0.1, -0.05) is 35.3 Å². The summed E-state index contributed by atoms with van der Waals surface area (Å²) in [6, 6.07) is 12.2. The molecule has 0 saturated carbocycles. The third kappa shape index (κ3) is 2.99. The number of benzene rings is 2. The number of hydrogen-bond donors (Lipinski definition) is 1. The maximum atomic E-state index is 13.5. The molecule has 0 radical (unpaired) electrons. The van der Waals surface area contributed by atoms with Gasteiger partial charge in [0, 0.05) is 29.7 Å². The number of halogens is 3. The summed E-state index contributed by atoms with van der Waals surface area (Å²) < 4.78 is 15.6. The molecule has 108 valence electrons. The van der Waals surface area contributed by atoms with Crippen molar-refractivity contribution in [1.29, 1.82) is 0 Å². The summed E-state index contributed by atoms with van der Waals surface area (Å²) in [5.41, 5.74) is 1.48. The highest BCUT2D eigenvalue weighted by molar-refractivity contribution is 6.38. The Morgan fingerprint density at radius 1 is 1.10 bits per heavy atom. The normalized spacial score (nSPS) is 11.0. The Labute approximate surface area is 132 Å². The van der Waals surface area contributed by atoms with Gasteiger partial charge in [0.15, 0.2) is 0 Å². The minimum Gasteiger partial charge on any atom is -0.381 e. The fourth-order valence-corrected chi connectivity index (χ4v) is 2.87. The zero-order valence-electron chi connectivity index (χ0n) is 11.1. The molecule has 0 fully saturated rings. The van der Waals surface area contributed by atoms with E-state index in [0.29, 0.717) is 28.8 Å². The van der Waals surface area contributed by atoms with Crippen LogP contribution in [0.1, 0.15) is 0 Å². The molecule has 0 atom stereocenters. The van der Waals surface area contributed by atoms with Crippen molar-refractivity contribution in [2.75, 3.05) is 11.9 Å². The average molecular weight is 323 g/mol. The minimum absolute atomic E-state index is 0.249. The monoisotopic (exact) mass is 322 g/mol. The molecule has 0 aliphatic rings. The van der Waals surface area contributed by atoms with Crippen LogP contribution in [-0.2, 0) is 6.54 Å². The number of aromatic nitrogens is 1. The predicted octanol–water partition coefficient (Wildman–Crippen LogP) is 5.20. The Morgan fingerprint density at radius 3 is 2.71 bits per heavy atom. The first kappa shape index (κ1) is 14.2. The Bertz CT molecular complexity index is 783. The summed E-state index contributed by atoms with van der Waals surface area (Å²) in [5, 5.41) is 5.29. The second-order valence-electron chi connectivity index (χ2n) is 4.74. The van der Waals surface area contributed by atoms with Crippen LogP contribution in [0.5, 0.6) is 0 Å². The smallest absolute Gasteiger partial charge is 0.146 e. The molecule has 0 bridgehead atoms. The van der Waals surface area contributed by atoms with Crippen molar-refractivity contribution in [3.63, 3.8) is 0 Å². The fourth-order valence-electron chi connectivity index (χ4n) is 2.33. The van der Waals surface area contributed by atoms with Crippen LogP contribution in [0.2, 0.25) is 10.0 Å². The van der Waals surface area contributed by atoms with Crippen molar-refractivity contribution >= 4 is 39.8 Å². The van der Waals surface area contributed by atoms with Crippen molar-refractivity contribution in [3.8, 4) is 0 Å². The standard InChI is InChI=1S/C16H13Cl2FN2/c17-11-9-13(18)12-5-7-21(16(12)10-11)8-6-20-15-4-2-1-3-14(15)19/h1-5,7,9-10,20H,6,8H2. The highest BCUT2D eigenvalue weighted by Gasteiger charge is 2.06. The number of fused-ring (bicyclic) bond motifs is 1. The van der Waals surface area contributed by atoms with E-state index in [1.165, 1.54) is 6.07 Å². The lowest BCUT2D eigenvalue weighted by atomic mass is 10.2. The number of rotatable bonds is 4. The van der Waals surface area contributed by atoms with E-state index >= 15 is 0 Å². The number of para-hydroxylation sites is 1. The van der Waals surface area contributed by atoms with E-state index in [1.807, 2.05) is 22.9 Å². The van der Waals surface area contributed by atoms with Gasteiger partial charge in [-0.25, -0.2) is 4.39 Å². The highest BCUT2D eigenvalue weighted by Crippen LogP contribution is 2.28. The molecule has 3 aromatic rings. The van der Waals surface area contributed by atoms with Gasteiger partial charge in [-0.2, -0.15) is 0 Å². The number of nitrogens with one attached hydrogen (secondary N) is 1. The van der Waals surface area contributed by atoms with Crippen molar-refractivity contribution in [1.82, 2.24) is 4.57 Å². The maximum Gasteiger partial charge on any atom is 0.146 e. The lowest BCUT2D eigenvalue weighted by Crippen LogP contribution is -2.10. The van der Waals surface area contributed by atoms with Crippen LogP contribution in [0.3, 0.4) is 0 Å². The fraction of sp³-hybridized carbons (Fsp3) is 0.125. The maximum absolute atomic E-state index is 13.5. The second kappa shape index (κ2) is 5.96. The summed E-state index contributed by atoms with van der Waals surface area (Å²) in [7, 11) is 0. The molecule has 1 heterocycles. The molecular weight excluding hydrogens is 310 g/mol. The van der Waals surface area contributed by atoms with E-state index in [9.17, 15) is 4.39 Å². The molecule has 0 aliphatic carbocycles. The molecule has 1 N–H and O–H groups in total. The molecule has 0 saturated heterocycles. The van der Waals surface area contributed by atoms with E-state index in [4.69, 9.17) is 23.2 Å². The van der Waals surface area contributed by atoms with Crippen LogP contribution in [0.4, 0.5) is 10.1 Å². The molecule has 0 unspecified atom stereocenters. The summed E-state index contributed by atoms with van der Waals surface area (Å²) in [4.78, 5) is 0. The third-order valence-electron chi connectivity index (χ3n) is 3.35. The van der Waals surface area contributed by atoms with Crippen LogP contribution in [0.25, 0.3) is 10.9 Å². The van der Waals surface area contributed by atoms with Crippen molar-refractivity contribution in [2.45, 2.75) is 6.54 Å². The van der Waals surface area contributed by atoms with E-state index < -0.39 is 0 Å². The Balaban J connectivity index is 1.76. The minimum atomic E-state index is -0.249. The van der Waals surface area contributed by atoms with Gasteiger partial charge in [0.05, 0.1) is 16.2 Å². The molecule has 1 aromatic heterocycles. The van der Waals surface area contributed by atoms with Gasteiger partial charge in [0.1, 0.15) is 5.82 Å². The van der Waals surface area contributed by atoms with Gasteiger partial charge < -0.3 is 9.88 Å². The third-order valence-corrected chi connectivity index (χ3v) is 3.88. The Kier molecular flexibility index (Phi) is 4.04. The first-order chi connectivity index (χ1) is 10.1. The van der Waals surface area contributed by atoms with Gasteiger partial charge in [0.2, 0.25) is 0 Å². The lowest BCUT2D eigenvalue weighted by molar-refractivity contribution is 0.628. The molecule has 2 nitrogen and oxygen atoms in total. The Hall–Kier alpha value is -1.71. The second-order valence-corrected chi connectivity index (χ2v) is 5.58. The van der Waals surface area contributed by atoms with Crippen molar-refractivity contribution in [2.24, 2.45) is 0 Å². The predicted molar refractivity (Wildman–Crippen MR) is 86.8 cm³/mol. The van der Waals surface area contributed by atoms with Crippen LogP contribution in [0, 0.1) is 5.82 Å². The Morgan fingerprint density at radius 2 is 1.90 bits per heavy atom. The summed E-state index contributed by atoms with van der Waals surface area (Å²) >= 11 is 12.2. The number of nitrogens with zero attached hydrogens (tertiary/aromatic N) is 1. The molecule has 0 amide bonds. The lowest BCUT2D eigenvalue weighted by Gasteiger charge is -2.09. The quantitative estimate of drug-likeness (QED) is 0.698.